The molecule has 0 unspecified atom stereocenters. The van der Waals surface area contributed by atoms with E-state index < -0.39 is 29.4 Å². The van der Waals surface area contributed by atoms with Crippen LogP contribution in [0.1, 0.15) is 39.3 Å². The van der Waals surface area contributed by atoms with Crippen molar-refractivity contribution in [3.8, 4) is 11.1 Å². The third-order valence-corrected chi connectivity index (χ3v) is 7.58. The summed E-state index contributed by atoms with van der Waals surface area (Å²) in [6, 6.07) is 18.5. The molecule has 4 rings (SSSR count). The van der Waals surface area contributed by atoms with Crippen molar-refractivity contribution in [3.63, 3.8) is 0 Å². The zero-order chi connectivity index (χ0) is 29.2. The van der Waals surface area contributed by atoms with Crippen molar-refractivity contribution in [3.05, 3.63) is 112 Å². The second-order valence-corrected chi connectivity index (χ2v) is 10.6. The average molecular weight is 576 g/mol. The van der Waals surface area contributed by atoms with Gasteiger partial charge in [-0.05, 0) is 78.7 Å². The summed E-state index contributed by atoms with van der Waals surface area (Å²) in [5.74, 6) is -7.14. The zero-order valence-corrected chi connectivity index (χ0v) is 22.7. The van der Waals surface area contributed by atoms with Gasteiger partial charge in [-0.25, -0.2) is 9.10 Å². The molecule has 1 N–H and O–H groups in total. The van der Waals surface area contributed by atoms with Crippen molar-refractivity contribution in [1.82, 2.24) is 4.31 Å². The van der Waals surface area contributed by atoms with Gasteiger partial charge in [-0.2, -0.15) is 22.0 Å². The fourth-order valence-electron chi connectivity index (χ4n) is 4.37. The van der Waals surface area contributed by atoms with E-state index >= 15 is 0 Å². The number of aliphatic carboxylic acids is 1. The molecule has 1 heterocycles. The highest BCUT2D eigenvalue weighted by Crippen LogP contribution is 2.36. The highest BCUT2D eigenvalue weighted by molar-refractivity contribution is 7.97. The molecule has 0 saturated heterocycles. The van der Waals surface area contributed by atoms with Crippen LogP contribution >= 0.6 is 11.9 Å². The SMILES string of the molecule is Cc1cc(C)c(SN(Cc2ccc(-c3cccc(C(F)(F)C(=O)O)c3)cc2)Cc2ccc(C(F)(F)F)o2)c(C)c1. The van der Waals surface area contributed by atoms with Crippen LogP contribution in [0.2, 0.25) is 0 Å². The molecule has 10 heteroatoms. The lowest BCUT2D eigenvalue weighted by molar-refractivity contribution is -0.166. The molecule has 0 aliphatic rings. The van der Waals surface area contributed by atoms with Crippen LogP contribution in [-0.2, 0) is 30.0 Å². The number of rotatable bonds is 9. The molecule has 0 bridgehead atoms. The quantitative estimate of drug-likeness (QED) is 0.160. The molecule has 0 atom stereocenters. The molecule has 1 aromatic heterocycles. The minimum absolute atomic E-state index is 0.0988. The molecule has 40 heavy (non-hydrogen) atoms. The number of carbonyl (C=O) groups is 1. The third-order valence-electron chi connectivity index (χ3n) is 6.24. The maximum absolute atomic E-state index is 14.0. The number of furan rings is 1. The summed E-state index contributed by atoms with van der Waals surface area (Å²) in [4.78, 5) is 12.0. The molecular weight excluding hydrogens is 549 g/mol. The minimum Gasteiger partial charge on any atom is -0.477 e. The lowest BCUT2D eigenvalue weighted by atomic mass is 9.99. The van der Waals surface area contributed by atoms with Gasteiger partial charge in [0, 0.05) is 17.0 Å². The Bertz CT molecular complexity index is 1490. The second kappa shape index (κ2) is 11.5. The number of aryl methyl sites for hydroxylation is 3. The van der Waals surface area contributed by atoms with Crippen molar-refractivity contribution < 1.29 is 36.3 Å². The Hall–Kier alpha value is -3.63. The number of halogens is 5. The molecule has 0 fully saturated rings. The molecule has 0 amide bonds. The van der Waals surface area contributed by atoms with Crippen LogP contribution in [0.15, 0.2) is 82.1 Å². The maximum atomic E-state index is 14.0. The average Bonchev–Trinajstić information content (AvgIpc) is 3.36. The van der Waals surface area contributed by atoms with Gasteiger partial charge in [0.1, 0.15) is 5.76 Å². The van der Waals surface area contributed by atoms with Crippen LogP contribution < -0.4 is 0 Å². The molecule has 3 aromatic carbocycles. The highest BCUT2D eigenvalue weighted by atomic mass is 32.2. The number of hydrogen-bond donors (Lipinski definition) is 1. The molecule has 0 aliphatic heterocycles. The lowest BCUT2D eigenvalue weighted by Crippen LogP contribution is -2.25. The van der Waals surface area contributed by atoms with Gasteiger partial charge in [-0.1, -0.05) is 60.2 Å². The van der Waals surface area contributed by atoms with Crippen LogP contribution in [0.25, 0.3) is 11.1 Å². The van der Waals surface area contributed by atoms with Gasteiger partial charge >= 0.3 is 18.1 Å². The predicted octanol–water partition coefficient (Wildman–Crippen LogP) is 8.78. The van der Waals surface area contributed by atoms with Gasteiger partial charge in [-0.3, -0.25) is 0 Å². The first-order valence-corrected chi connectivity index (χ1v) is 13.0. The Morgan fingerprint density at radius 2 is 1.50 bits per heavy atom. The topological polar surface area (TPSA) is 53.7 Å². The van der Waals surface area contributed by atoms with Crippen LogP contribution in [0, 0.1) is 20.8 Å². The fraction of sp³-hybridized carbons (Fsp3) is 0.233. The second-order valence-electron chi connectivity index (χ2n) is 9.54. The highest BCUT2D eigenvalue weighted by Gasteiger charge is 2.41. The number of carboxylic acid groups (broad SMARTS) is 1. The van der Waals surface area contributed by atoms with E-state index in [1.165, 1.54) is 24.1 Å². The predicted molar refractivity (Wildman–Crippen MR) is 143 cm³/mol. The van der Waals surface area contributed by atoms with Gasteiger partial charge in [-0.15, -0.1) is 0 Å². The maximum Gasteiger partial charge on any atom is 0.449 e. The molecule has 0 spiro atoms. The standard InChI is InChI=1S/C30H26F5NO3S/c1-18-13-19(2)27(20(3)14-18)40-36(17-25-11-12-26(39-25)30(33,34)35)16-21-7-9-22(10-8-21)23-5-4-6-24(15-23)29(31,32)28(37)38/h4-15H,16-17H2,1-3H3,(H,37,38). The van der Waals surface area contributed by atoms with Gasteiger partial charge < -0.3 is 9.52 Å². The summed E-state index contributed by atoms with van der Waals surface area (Å²) in [5, 5.41) is 8.86. The Labute approximate surface area is 232 Å². The first kappa shape index (κ1) is 29.4. The first-order valence-electron chi connectivity index (χ1n) is 12.2. The van der Waals surface area contributed by atoms with Crippen LogP contribution in [-0.4, -0.2) is 15.4 Å². The summed E-state index contributed by atoms with van der Waals surface area (Å²) in [6.07, 6.45) is -4.58. The Balaban J connectivity index is 1.60. The van der Waals surface area contributed by atoms with Crippen molar-refractivity contribution in [1.29, 1.82) is 0 Å². The first-order chi connectivity index (χ1) is 18.7. The van der Waals surface area contributed by atoms with E-state index in [2.05, 4.69) is 0 Å². The minimum atomic E-state index is -4.58. The van der Waals surface area contributed by atoms with E-state index in [1.807, 2.05) is 37.2 Å². The summed E-state index contributed by atoms with van der Waals surface area (Å²) < 4.78 is 74.3. The zero-order valence-electron chi connectivity index (χ0n) is 21.9. The summed E-state index contributed by atoms with van der Waals surface area (Å²) in [5.41, 5.74) is 4.42. The van der Waals surface area contributed by atoms with Crippen LogP contribution in [0.3, 0.4) is 0 Å². The monoisotopic (exact) mass is 575 g/mol. The van der Waals surface area contributed by atoms with Crippen molar-refractivity contribution in [2.45, 2.75) is 50.9 Å². The van der Waals surface area contributed by atoms with Gasteiger partial charge in [0.15, 0.2) is 0 Å². The van der Waals surface area contributed by atoms with Gasteiger partial charge in [0.2, 0.25) is 5.76 Å². The van der Waals surface area contributed by atoms with E-state index in [1.54, 1.807) is 30.3 Å². The van der Waals surface area contributed by atoms with E-state index in [9.17, 15) is 26.7 Å². The number of alkyl halides is 5. The third kappa shape index (κ3) is 6.74. The molecule has 0 aliphatic carbocycles. The molecule has 210 valence electrons. The Kier molecular flexibility index (Phi) is 8.41. The molecule has 4 nitrogen and oxygen atoms in total. The number of hydrogen-bond acceptors (Lipinski definition) is 4. The van der Waals surface area contributed by atoms with Gasteiger partial charge in [0.25, 0.3) is 0 Å². The van der Waals surface area contributed by atoms with E-state index in [0.717, 1.165) is 45.3 Å². The van der Waals surface area contributed by atoms with Crippen molar-refractivity contribution >= 4 is 17.9 Å². The number of nitrogens with zero attached hydrogens (tertiary/aromatic N) is 1. The Morgan fingerprint density at radius 1 is 0.850 bits per heavy atom. The van der Waals surface area contributed by atoms with Crippen molar-refractivity contribution in [2.75, 3.05) is 0 Å². The van der Waals surface area contributed by atoms with E-state index in [4.69, 9.17) is 9.52 Å². The van der Waals surface area contributed by atoms with Crippen LogP contribution in [0.5, 0.6) is 0 Å². The summed E-state index contributed by atoms with van der Waals surface area (Å²) in [6.45, 7) is 6.39. The normalized spacial score (nSPS) is 12.2. The molecule has 0 radical (unpaired) electrons. The van der Waals surface area contributed by atoms with E-state index in [-0.39, 0.29) is 12.3 Å². The lowest BCUT2D eigenvalue weighted by Gasteiger charge is -2.23. The van der Waals surface area contributed by atoms with E-state index in [0.29, 0.717) is 17.7 Å². The summed E-state index contributed by atoms with van der Waals surface area (Å²) in [7, 11) is 0. The Morgan fingerprint density at radius 3 is 2.08 bits per heavy atom. The van der Waals surface area contributed by atoms with Crippen molar-refractivity contribution in [2.24, 2.45) is 0 Å². The molecule has 4 aromatic rings. The van der Waals surface area contributed by atoms with Gasteiger partial charge in [0.05, 0.1) is 6.54 Å². The molecular formula is C30H26F5NO3S. The number of benzene rings is 3. The number of carboxylic acids is 1. The summed E-state index contributed by atoms with van der Waals surface area (Å²) >= 11 is 1.42. The smallest absolute Gasteiger partial charge is 0.449 e. The fourth-order valence-corrected chi connectivity index (χ4v) is 5.44. The molecule has 0 saturated carbocycles. The van der Waals surface area contributed by atoms with Crippen LogP contribution in [0.4, 0.5) is 22.0 Å². The largest absolute Gasteiger partial charge is 0.477 e.